The topological polar surface area (TPSA) is 81.5 Å². The number of nitro groups is 1. The summed E-state index contributed by atoms with van der Waals surface area (Å²) >= 11 is 3.21. The Morgan fingerprint density at radius 3 is 2.57 bits per heavy atom. The van der Waals surface area contributed by atoms with Gasteiger partial charge in [-0.1, -0.05) is 30.3 Å². The first kappa shape index (κ1) is 16.7. The average molecular weight is 377 g/mol. The molecule has 6 nitrogen and oxygen atoms in total. The molecule has 7 heteroatoms. The number of nitrogens with one attached hydrogen (secondary N) is 1. The zero-order valence-corrected chi connectivity index (χ0v) is 13.7. The average Bonchev–Trinajstić information content (AvgIpc) is 2.55. The molecule has 23 heavy (non-hydrogen) atoms. The second-order valence-corrected chi connectivity index (χ2v) is 5.35. The van der Waals surface area contributed by atoms with Crippen LogP contribution >= 0.6 is 15.9 Å². The second kappa shape index (κ2) is 7.55. The maximum absolute atomic E-state index is 12.2. The number of ether oxygens (including phenoxy) is 1. The van der Waals surface area contributed by atoms with Gasteiger partial charge in [-0.05, 0) is 33.6 Å². The Morgan fingerprint density at radius 1 is 1.26 bits per heavy atom. The number of amides is 1. The van der Waals surface area contributed by atoms with E-state index in [4.69, 9.17) is 4.74 Å². The van der Waals surface area contributed by atoms with Crippen LogP contribution in [0.1, 0.15) is 5.56 Å². The van der Waals surface area contributed by atoms with Crippen LogP contribution in [-0.2, 0) is 4.79 Å². The number of nitro benzene ring substituents is 1. The number of non-ortho nitro benzene ring substituents is 1. The number of anilines is 1. The highest BCUT2D eigenvalue weighted by atomic mass is 79.9. The standard InChI is InChI=1S/C16H13BrN2O4/c1-23-15-8-7-12(19(21)22)10-14(15)18-16(20)13(17)9-11-5-3-2-4-6-11/h2-10H,1H3,(H,18,20). The van der Waals surface area contributed by atoms with Crippen LogP contribution in [0.3, 0.4) is 0 Å². The molecule has 0 spiro atoms. The van der Waals surface area contributed by atoms with Crippen molar-refractivity contribution < 1.29 is 14.5 Å². The third-order valence-electron chi connectivity index (χ3n) is 2.95. The third-order valence-corrected chi connectivity index (χ3v) is 3.54. The summed E-state index contributed by atoms with van der Waals surface area (Å²) in [5.74, 6) is -0.100. The molecule has 0 fully saturated rings. The third kappa shape index (κ3) is 4.40. The molecule has 0 aliphatic carbocycles. The number of nitrogens with zero attached hydrogens (tertiary/aromatic N) is 1. The molecule has 0 saturated carbocycles. The molecule has 2 rings (SSSR count). The SMILES string of the molecule is COc1ccc([N+](=O)[O-])cc1NC(=O)C(Br)=Cc1ccccc1. The quantitative estimate of drug-likeness (QED) is 0.486. The van der Waals surface area contributed by atoms with Crippen LogP contribution in [-0.4, -0.2) is 17.9 Å². The summed E-state index contributed by atoms with van der Waals surface area (Å²) in [4.78, 5) is 22.5. The van der Waals surface area contributed by atoms with Crippen LogP contribution in [0.4, 0.5) is 11.4 Å². The van der Waals surface area contributed by atoms with Gasteiger partial charge < -0.3 is 10.1 Å². The summed E-state index contributed by atoms with van der Waals surface area (Å²) < 4.78 is 5.40. The van der Waals surface area contributed by atoms with Crippen LogP contribution in [0.2, 0.25) is 0 Å². The highest BCUT2D eigenvalue weighted by Crippen LogP contribution is 2.29. The summed E-state index contributed by atoms with van der Waals surface area (Å²) in [5.41, 5.74) is 0.940. The second-order valence-electron chi connectivity index (χ2n) is 4.50. The van der Waals surface area contributed by atoms with E-state index in [2.05, 4.69) is 21.2 Å². The molecule has 0 aliphatic heterocycles. The summed E-state index contributed by atoms with van der Waals surface area (Å²) in [6.45, 7) is 0. The Balaban J connectivity index is 2.24. The molecule has 0 unspecified atom stereocenters. The van der Waals surface area contributed by atoms with Crippen molar-refractivity contribution in [3.05, 3.63) is 68.7 Å². The van der Waals surface area contributed by atoms with E-state index in [0.717, 1.165) is 5.56 Å². The Kier molecular flexibility index (Phi) is 5.48. The van der Waals surface area contributed by atoms with Crippen molar-refractivity contribution in [2.45, 2.75) is 0 Å². The molecule has 118 valence electrons. The summed E-state index contributed by atoms with van der Waals surface area (Å²) in [6, 6.07) is 13.3. The van der Waals surface area contributed by atoms with Crippen molar-refractivity contribution in [2.24, 2.45) is 0 Å². The van der Waals surface area contributed by atoms with Gasteiger partial charge in [0.05, 0.1) is 22.2 Å². The minimum Gasteiger partial charge on any atom is -0.495 e. The smallest absolute Gasteiger partial charge is 0.271 e. The van der Waals surface area contributed by atoms with E-state index in [1.807, 2.05) is 30.3 Å². The van der Waals surface area contributed by atoms with E-state index >= 15 is 0 Å². The van der Waals surface area contributed by atoms with Gasteiger partial charge in [-0.15, -0.1) is 0 Å². The van der Waals surface area contributed by atoms with Gasteiger partial charge in [0.1, 0.15) is 5.75 Å². The number of benzene rings is 2. The lowest BCUT2D eigenvalue weighted by Gasteiger charge is -2.09. The number of rotatable bonds is 5. The molecule has 2 aromatic rings. The number of carbonyl (C=O) groups excluding carboxylic acids is 1. The molecule has 1 amide bonds. The fourth-order valence-corrected chi connectivity index (χ4v) is 2.21. The van der Waals surface area contributed by atoms with Crippen molar-refractivity contribution >= 4 is 39.3 Å². The molecule has 0 aliphatic rings. The zero-order chi connectivity index (χ0) is 16.8. The Hall–Kier alpha value is -2.67. The van der Waals surface area contributed by atoms with Gasteiger partial charge in [0.15, 0.2) is 0 Å². The van der Waals surface area contributed by atoms with Crippen molar-refractivity contribution in [3.8, 4) is 5.75 Å². The number of halogens is 1. The number of methoxy groups -OCH3 is 1. The fourth-order valence-electron chi connectivity index (χ4n) is 1.85. The molecular formula is C16H13BrN2O4. The summed E-state index contributed by atoms with van der Waals surface area (Å²) in [6.07, 6.45) is 1.65. The van der Waals surface area contributed by atoms with Gasteiger partial charge in [0, 0.05) is 12.1 Å². The fraction of sp³-hybridized carbons (Fsp3) is 0.0625. The van der Waals surface area contributed by atoms with Crippen molar-refractivity contribution in [1.82, 2.24) is 0 Å². The molecule has 0 atom stereocenters. The number of hydrogen-bond acceptors (Lipinski definition) is 4. The largest absolute Gasteiger partial charge is 0.495 e. The van der Waals surface area contributed by atoms with E-state index in [1.165, 1.54) is 25.3 Å². The highest BCUT2D eigenvalue weighted by Gasteiger charge is 2.15. The van der Waals surface area contributed by atoms with E-state index in [1.54, 1.807) is 6.08 Å². The first-order chi connectivity index (χ1) is 11.0. The maximum Gasteiger partial charge on any atom is 0.271 e. The maximum atomic E-state index is 12.2. The van der Waals surface area contributed by atoms with Crippen LogP contribution in [0.25, 0.3) is 6.08 Å². The number of hydrogen-bond donors (Lipinski definition) is 1. The van der Waals surface area contributed by atoms with Gasteiger partial charge in [-0.2, -0.15) is 0 Å². The molecule has 0 heterocycles. The molecule has 0 aromatic heterocycles. The van der Waals surface area contributed by atoms with Crippen LogP contribution in [0.15, 0.2) is 53.0 Å². The highest BCUT2D eigenvalue weighted by molar-refractivity contribution is 9.12. The van der Waals surface area contributed by atoms with Crippen molar-refractivity contribution in [2.75, 3.05) is 12.4 Å². The van der Waals surface area contributed by atoms with Crippen molar-refractivity contribution in [3.63, 3.8) is 0 Å². The van der Waals surface area contributed by atoms with Gasteiger partial charge in [0.2, 0.25) is 0 Å². The lowest BCUT2D eigenvalue weighted by molar-refractivity contribution is -0.384. The van der Waals surface area contributed by atoms with Crippen molar-refractivity contribution in [1.29, 1.82) is 0 Å². The molecule has 0 radical (unpaired) electrons. The first-order valence-corrected chi connectivity index (χ1v) is 7.36. The minimum atomic E-state index is -0.538. The predicted molar refractivity (Wildman–Crippen MR) is 91.6 cm³/mol. The molecule has 1 N–H and O–H groups in total. The van der Waals surface area contributed by atoms with E-state index in [0.29, 0.717) is 5.75 Å². The Bertz CT molecular complexity index is 760. The lowest BCUT2D eigenvalue weighted by Crippen LogP contribution is -2.12. The minimum absolute atomic E-state index is 0.135. The van der Waals surface area contributed by atoms with E-state index in [-0.39, 0.29) is 15.9 Å². The lowest BCUT2D eigenvalue weighted by atomic mass is 10.2. The first-order valence-electron chi connectivity index (χ1n) is 6.57. The van der Waals surface area contributed by atoms with Gasteiger partial charge in [-0.25, -0.2) is 0 Å². The van der Waals surface area contributed by atoms with E-state index < -0.39 is 10.8 Å². The molecule has 2 aromatic carbocycles. The Labute approximate surface area is 141 Å². The van der Waals surface area contributed by atoms with Gasteiger partial charge in [0.25, 0.3) is 11.6 Å². The van der Waals surface area contributed by atoms with Gasteiger partial charge in [-0.3, -0.25) is 14.9 Å². The van der Waals surface area contributed by atoms with Crippen LogP contribution < -0.4 is 10.1 Å². The predicted octanol–water partition coefficient (Wildman–Crippen LogP) is 3.98. The summed E-state index contributed by atoms with van der Waals surface area (Å²) in [7, 11) is 1.42. The van der Waals surface area contributed by atoms with Crippen LogP contribution in [0, 0.1) is 10.1 Å². The van der Waals surface area contributed by atoms with Crippen LogP contribution in [0.5, 0.6) is 5.75 Å². The molecule has 0 saturated heterocycles. The normalized spacial score (nSPS) is 11.0. The Morgan fingerprint density at radius 2 is 1.96 bits per heavy atom. The molecular weight excluding hydrogens is 364 g/mol. The van der Waals surface area contributed by atoms with E-state index in [9.17, 15) is 14.9 Å². The van der Waals surface area contributed by atoms with Gasteiger partial charge >= 0.3 is 0 Å². The molecule has 0 bridgehead atoms. The zero-order valence-electron chi connectivity index (χ0n) is 12.2. The number of carbonyl (C=O) groups is 1. The monoisotopic (exact) mass is 376 g/mol. The summed E-state index contributed by atoms with van der Waals surface area (Å²) in [5, 5.41) is 13.4.